The first-order valence-corrected chi connectivity index (χ1v) is 8.50. The van der Waals surface area contributed by atoms with Crippen LogP contribution in [-0.4, -0.2) is 57.0 Å². The molecule has 0 aromatic carbocycles. The molecular weight excluding hydrogens is 320 g/mol. The molecule has 8 nitrogen and oxygen atoms in total. The van der Waals surface area contributed by atoms with Crippen LogP contribution in [0.1, 0.15) is 40.3 Å². The molecule has 3 rings (SSSR count). The van der Waals surface area contributed by atoms with Crippen molar-refractivity contribution in [1.82, 2.24) is 24.8 Å². The van der Waals surface area contributed by atoms with Gasteiger partial charge in [-0.05, 0) is 39.7 Å². The van der Waals surface area contributed by atoms with Gasteiger partial charge >= 0.3 is 0 Å². The summed E-state index contributed by atoms with van der Waals surface area (Å²) in [6.45, 7) is 7.45. The Labute approximate surface area is 146 Å². The van der Waals surface area contributed by atoms with Crippen LogP contribution in [-0.2, 0) is 4.79 Å². The van der Waals surface area contributed by atoms with Crippen molar-refractivity contribution in [3.05, 3.63) is 28.7 Å². The number of piperidine rings is 1. The minimum Gasteiger partial charge on any atom is -0.369 e. The molecule has 0 aliphatic carbocycles. The molecular formula is C17H24N6O2. The number of hydrogen-bond donors (Lipinski definition) is 2. The predicted molar refractivity (Wildman–Crippen MR) is 93.3 cm³/mol. The Bertz CT molecular complexity index is 820. The number of nitrogens with one attached hydrogen (secondary N) is 1. The second-order valence-electron chi connectivity index (χ2n) is 6.72. The van der Waals surface area contributed by atoms with E-state index in [4.69, 9.17) is 5.73 Å². The number of likely N-dealkylation sites (tertiary alicyclic amines) is 1. The van der Waals surface area contributed by atoms with Crippen molar-refractivity contribution in [2.24, 2.45) is 5.73 Å². The Kier molecular flexibility index (Phi) is 4.71. The lowest BCUT2D eigenvalue weighted by atomic mass is 10.0. The number of rotatable bonds is 4. The van der Waals surface area contributed by atoms with Crippen LogP contribution in [0.3, 0.4) is 0 Å². The predicted octanol–water partition coefficient (Wildman–Crippen LogP) is 0.334. The third-order valence-corrected chi connectivity index (χ3v) is 4.60. The summed E-state index contributed by atoms with van der Waals surface area (Å²) < 4.78 is 1.71. The fraction of sp³-hybridized carbons (Fsp3) is 0.529. The summed E-state index contributed by atoms with van der Waals surface area (Å²) in [6.07, 6.45) is 1.59. The van der Waals surface area contributed by atoms with Gasteiger partial charge in [-0.15, -0.1) is 0 Å². The van der Waals surface area contributed by atoms with Gasteiger partial charge in [0.2, 0.25) is 5.91 Å². The van der Waals surface area contributed by atoms with Gasteiger partial charge in [0.1, 0.15) is 5.56 Å². The van der Waals surface area contributed by atoms with E-state index in [1.165, 1.54) is 0 Å². The quantitative estimate of drug-likeness (QED) is 0.832. The number of nitrogens with zero attached hydrogens (tertiary/aromatic N) is 4. The largest absolute Gasteiger partial charge is 0.369 e. The first-order valence-electron chi connectivity index (χ1n) is 8.50. The molecule has 1 saturated heterocycles. The summed E-state index contributed by atoms with van der Waals surface area (Å²) in [5.41, 5.74) is 8.84. The Morgan fingerprint density at radius 2 is 1.96 bits per heavy atom. The molecule has 25 heavy (non-hydrogen) atoms. The molecule has 0 bridgehead atoms. The number of carbonyl (C=O) groups is 2. The summed E-state index contributed by atoms with van der Waals surface area (Å²) in [7, 11) is 0. The average molecular weight is 344 g/mol. The molecule has 1 aliphatic rings. The first kappa shape index (κ1) is 17.3. The van der Waals surface area contributed by atoms with Crippen LogP contribution in [0.25, 0.3) is 5.65 Å². The number of fused-ring (bicyclic) bond motifs is 1. The van der Waals surface area contributed by atoms with Gasteiger partial charge in [-0.25, -0.2) is 9.50 Å². The van der Waals surface area contributed by atoms with Crippen LogP contribution in [0.4, 0.5) is 0 Å². The average Bonchev–Trinajstić information content (AvgIpc) is 2.85. The summed E-state index contributed by atoms with van der Waals surface area (Å²) in [6, 6.07) is 2.02. The molecule has 0 saturated carbocycles. The molecule has 1 fully saturated rings. The van der Waals surface area contributed by atoms with Gasteiger partial charge in [0.25, 0.3) is 5.91 Å². The Balaban J connectivity index is 1.73. The molecule has 0 unspecified atom stereocenters. The van der Waals surface area contributed by atoms with Crippen molar-refractivity contribution in [2.45, 2.75) is 39.7 Å². The van der Waals surface area contributed by atoms with E-state index in [1.807, 2.05) is 31.7 Å². The molecule has 2 aromatic heterocycles. The molecule has 2 aromatic rings. The van der Waals surface area contributed by atoms with E-state index in [0.717, 1.165) is 37.3 Å². The highest BCUT2D eigenvalue weighted by Gasteiger charge is 2.25. The van der Waals surface area contributed by atoms with E-state index < -0.39 is 0 Å². The fourth-order valence-electron chi connectivity index (χ4n) is 3.41. The van der Waals surface area contributed by atoms with E-state index in [9.17, 15) is 9.59 Å². The van der Waals surface area contributed by atoms with Crippen LogP contribution >= 0.6 is 0 Å². The lowest BCUT2D eigenvalue weighted by molar-refractivity contribution is -0.119. The number of nitrogens with two attached hydrogens (primary N) is 1. The highest BCUT2D eigenvalue weighted by Crippen LogP contribution is 2.17. The molecule has 0 atom stereocenters. The Hall–Kier alpha value is -2.48. The van der Waals surface area contributed by atoms with Gasteiger partial charge in [-0.1, -0.05) is 0 Å². The second-order valence-corrected chi connectivity index (χ2v) is 6.72. The smallest absolute Gasteiger partial charge is 0.257 e. The number of aromatic nitrogens is 3. The monoisotopic (exact) mass is 344 g/mol. The molecule has 2 amide bonds. The van der Waals surface area contributed by atoms with Gasteiger partial charge in [0.15, 0.2) is 5.65 Å². The summed E-state index contributed by atoms with van der Waals surface area (Å²) >= 11 is 0. The van der Waals surface area contributed by atoms with Gasteiger partial charge in [-0.3, -0.25) is 14.5 Å². The molecule has 0 spiro atoms. The summed E-state index contributed by atoms with van der Waals surface area (Å²) in [4.78, 5) is 30.3. The van der Waals surface area contributed by atoms with Crippen molar-refractivity contribution in [3.63, 3.8) is 0 Å². The number of primary amides is 1. The zero-order chi connectivity index (χ0) is 18.1. The standard InChI is InChI=1S/C17H24N6O2/c1-10-8-11(2)23-16(19-10)15(12(3)21-23)17(25)20-13-4-6-22(7-5-13)9-14(18)24/h8,13H,4-7,9H2,1-3H3,(H2,18,24)(H,20,25). The molecule has 3 heterocycles. The normalized spacial score (nSPS) is 16.3. The SMILES string of the molecule is Cc1cc(C)n2nc(C)c(C(=O)NC3CCN(CC(N)=O)CC3)c2n1. The fourth-order valence-corrected chi connectivity index (χ4v) is 3.41. The minimum absolute atomic E-state index is 0.0804. The van der Waals surface area contributed by atoms with E-state index >= 15 is 0 Å². The number of carbonyl (C=O) groups excluding carboxylic acids is 2. The van der Waals surface area contributed by atoms with Crippen molar-refractivity contribution in [2.75, 3.05) is 19.6 Å². The summed E-state index contributed by atoms with van der Waals surface area (Å²) in [5.74, 6) is -0.459. The van der Waals surface area contributed by atoms with Gasteiger partial charge in [0, 0.05) is 30.5 Å². The van der Waals surface area contributed by atoms with Crippen LogP contribution in [0.15, 0.2) is 6.07 Å². The minimum atomic E-state index is -0.318. The molecule has 0 radical (unpaired) electrons. The number of hydrogen-bond acceptors (Lipinski definition) is 5. The molecule has 1 aliphatic heterocycles. The maximum absolute atomic E-state index is 12.8. The third kappa shape index (κ3) is 3.63. The highest BCUT2D eigenvalue weighted by atomic mass is 16.2. The maximum Gasteiger partial charge on any atom is 0.257 e. The van der Waals surface area contributed by atoms with Crippen molar-refractivity contribution in [3.8, 4) is 0 Å². The van der Waals surface area contributed by atoms with Gasteiger partial charge in [0.05, 0.1) is 12.2 Å². The molecule has 134 valence electrons. The van der Waals surface area contributed by atoms with Crippen molar-refractivity contribution < 1.29 is 9.59 Å². The lowest BCUT2D eigenvalue weighted by Crippen LogP contribution is -2.46. The van der Waals surface area contributed by atoms with Crippen LogP contribution in [0.5, 0.6) is 0 Å². The Morgan fingerprint density at radius 1 is 1.28 bits per heavy atom. The van der Waals surface area contributed by atoms with E-state index in [-0.39, 0.29) is 24.4 Å². The van der Waals surface area contributed by atoms with Crippen LogP contribution in [0, 0.1) is 20.8 Å². The third-order valence-electron chi connectivity index (χ3n) is 4.60. The highest BCUT2D eigenvalue weighted by molar-refractivity contribution is 6.01. The maximum atomic E-state index is 12.8. The Morgan fingerprint density at radius 3 is 2.60 bits per heavy atom. The van der Waals surface area contributed by atoms with Gasteiger partial charge < -0.3 is 11.1 Å². The first-order chi connectivity index (χ1) is 11.8. The zero-order valence-corrected chi connectivity index (χ0v) is 14.9. The van der Waals surface area contributed by atoms with E-state index in [2.05, 4.69) is 15.4 Å². The van der Waals surface area contributed by atoms with Crippen LogP contribution in [0.2, 0.25) is 0 Å². The number of aryl methyl sites for hydroxylation is 3. The molecule has 8 heteroatoms. The lowest BCUT2D eigenvalue weighted by Gasteiger charge is -2.31. The van der Waals surface area contributed by atoms with E-state index in [0.29, 0.717) is 16.9 Å². The van der Waals surface area contributed by atoms with Crippen molar-refractivity contribution in [1.29, 1.82) is 0 Å². The van der Waals surface area contributed by atoms with Gasteiger partial charge in [-0.2, -0.15) is 5.10 Å². The number of amides is 2. The van der Waals surface area contributed by atoms with Crippen LogP contribution < -0.4 is 11.1 Å². The zero-order valence-electron chi connectivity index (χ0n) is 14.9. The van der Waals surface area contributed by atoms with Crippen molar-refractivity contribution >= 4 is 17.5 Å². The summed E-state index contributed by atoms with van der Waals surface area (Å²) in [5, 5.41) is 7.54. The topological polar surface area (TPSA) is 106 Å². The molecule has 3 N–H and O–H groups in total. The van der Waals surface area contributed by atoms with E-state index in [1.54, 1.807) is 4.52 Å². The second kappa shape index (κ2) is 6.79.